The molecule has 0 aromatic heterocycles. The van der Waals surface area contributed by atoms with Crippen LogP contribution in [0.3, 0.4) is 0 Å². The van der Waals surface area contributed by atoms with Crippen molar-refractivity contribution in [1.82, 2.24) is 0 Å². The summed E-state index contributed by atoms with van der Waals surface area (Å²) in [5, 5.41) is 0. The van der Waals surface area contributed by atoms with Gasteiger partial charge < -0.3 is 20.1 Å². The van der Waals surface area contributed by atoms with Crippen LogP contribution in [0.15, 0.2) is 48.6 Å². The Morgan fingerprint density at radius 2 is 0.912 bits per heavy atom. The maximum atomic E-state index is 12.6. The molecular formula is C47H86NO8P. The zero-order valence-electron chi connectivity index (χ0n) is 36.6. The molecular weight excluding hydrogens is 737 g/mol. The molecule has 0 aromatic carbocycles. The normalized spacial score (nSPS) is 13.7. The molecule has 0 radical (unpaired) electrons. The summed E-state index contributed by atoms with van der Waals surface area (Å²) in [6.45, 7) is 3.68. The van der Waals surface area contributed by atoms with Crippen LogP contribution in [0.5, 0.6) is 0 Å². The monoisotopic (exact) mass is 824 g/mol. The average Bonchev–Trinajstić information content (AvgIpc) is 3.20. The topological polar surface area (TPSA) is 134 Å². The maximum absolute atomic E-state index is 12.6. The standard InChI is InChI=1S/C47H86NO8P/c1-3-5-7-9-11-13-15-17-19-21-22-24-26-28-30-32-34-36-38-40-47(50)56-45(44-55-57(51,52)54-42-41-48)43-53-46(49)39-37-35-33-31-29-27-25-23-20-18-16-14-12-10-8-6-4-2/h11,13,17,19,22,24,28,30,45H,3-10,12,14-16,18,20-21,23,25-27,29,31-44,48H2,1-2H3,(H,51,52)/b13-11-,19-17-,24-22-,30-28-/t45-/m1/s1. The van der Waals surface area contributed by atoms with Crippen LogP contribution >= 0.6 is 7.82 Å². The second-order valence-corrected chi connectivity index (χ2v) is 16.7. The highest BCUT2D eigenvalue weighted by Gasteiger charge is 2.26. The number of allylic oxidation sites excluding steroid dienone is 8. The highest BCUT2D eigenvalue weighted by molar-refractivity contribution is 7.47. The quantitative estimate of drug-likeness (QED) is 0.0267. The number of phosphoric acid groups is 1. The Kier molecular flexibility index (Phi) is 42.0. The van der Waals surface area contributed by atoms with E-state index < -0.39 is 26.5 Å². The summed E-state index contributed by atoms with van der Waals surface area (Å²) in [5.74, 6) is -0.860. The molecule has 0 amide bonds. The fourth-order valence-corrected chi connectivity index (χ4v) is 7.03. The summed E-state index contributed by atoms with van der Waals surface area (Å²) in [6.07, 6.45) is 50.0. The molecule has 0 aliphatic heterocycles. The van der Waals surface area contributed by atoms with E-state index in [1.54, 1.807) is 0 Å². The highest BCUT2D eigenvalue weighted by Crippen LogP contribution is 2.43. The smallest absolute Gasteiger partial charge is 0.462 e. The molecule has 0 saturated carbocycles. The Bertz CT molecular complexity index is 1080. The van der Waals surface area contributed by atoms with Gasteiger partial charge in [-0.2, -0.15) is 0 Å². The number of rotatable bonds is 43. The van der Waals surface area contributed by atoms with Gasteiger partial charge in [-0.1, -0.05) is 184 Å². The Labute approximate surface area is 349 Å². The summed E-state index contributed by atoms with van der Waals surface area (Å²) >= 11 is 0. The van der Waals surface area contributed by atoms with Crippen molar-refractivity contribution < 1.29 is 37.6 Å². The number of carbonyl (C=O) groups is 2. The number of unbranched alkanes of at least 4 members (excludes halogenated alkanes) is 22. The van der Waals surface area contributed by atoms with Crippen molar-refractivity contribution in [3.63, 3.8) is 0 Å². The van der Waals surface area contributed by atoms with Gasteiger partial charge in [-0.25, -0.2) is 4.57 Å². The lowest BCUT2D eigenvalue weighted by molar-refractivity contribution is -0.161. The van der Waals surface area contributed by atoms with Crippen molar-refractivity contribution in [3.8, 4) is 0 Å². The number of ether oxygens (including phenoxy) is 2. The van der Waals surface area contributed by atoms with Gasteiger partial charge in [0, 0.05) is 19.4 Å². The van der Waals surface area contributed by atoms with Crippen molar-refractivity contribution in [2.45, 2.75) is 213 Å². The maximum Gasteiger partial charge on any atom is 0.472 e. The molecule has 3 N–H and O–H groups in total. The predicted molar refractivity (Wildman–Crippen MR) is 238 cm³/mol. The van der Waals surface area contributed by atoms with Crippen LogP contribution in [-0.2, 0) is 32.7 Å². The van der Waals surface area contributed by atoms with Gasteiger partial charge in [-0.05, 0) is 57.8 Å². The van der Waals surface area contributed by atoms with E-state index in [1.807, 2.05) is 0 Å². The van der Waals surface area contributed by atoms with E-state index >= 15 is 0 Å². The second kappa shape index (κ2) is 43.5. The largest absolute Gasteiger partial charge is 0.472 e. The van der Waals surface area contributed by atoms with Gasteiger partial charge in [0.15, 0.2) is 6.10 Å². The minimum Gasteiger partial charge on any atom is -0.462 e. The Balaban J connectivity index is 4.18. The van der Waals surface area contributed by atoms with E-state index in [0.717, 1.165) is 57.8 Å². The van der Waals surface area contributed by atoms with E-state index in [1.165, 1.54) is 116 Å². The summed E-state index contributed by atoms with van der Waals surface area (Å²) < 4.78 is 32.8. The first-order valence-corrected chi connectivity index (χ1v) is 24.6. The number of phosphoric ester groups is 1. The van der Waals surface area contributed by atoms with Crippen molar-refractivity contribution in [2.24, 2.45) is 5.73 Å². The Hall–Kier alpha value is -2.03. The third-order valence-electron chi connectivity index (χ3n) is 9.72. The average molecular weight is 824 g/mol. The molecule has 0 aliphatic rings. The zero-order chi connectivity index (χ0) is 41.8. The fourth-order valence-electron chi connectivity index (χ4n) is 6.27. The van der Waals surface area contributed by atoms with Crippen LogP contribution in [0, 0.1) is 0 Å². The molecule has 0 spiro atoms. The van der Waals surface area contributed by atoms with Crippen LogP contribution < -0.4 is 5.73 Å². The van der Waals surface area contributed by atoms with Crippen molar-refractivity contribution in [2.75, 3.05) is 26.4 Å². The molecule has 0 heterocycles. The number of hydrogen-bond acceptors (Lipinski definition) is 8. The first-order valence-electron chi connectivity index (χ1n) is 23.1. The summed E-state index contributed by atoms with van der Waals surface area (Å²) in [7, 11) is -4.39. The number of esters is 2. The Morgan fingerprint density at radius 3 is 1.39 bits per heavy atom. The molecule has 2 atom stereocenters. The van der Waals surface area contributed by atoms with Crippen molar-refractivity contribution >= 4 is 19.8 Å². The molecule has 332 valence electrons. The molecule has 0 rings (SSSR count). The lowest BCUT2D eigenvalue weighted by atomic mass is 10.0. The molecule has 0 aliphatic carbocycles. The van der Waals surface area contributed by atoms with Crippen LogP contribution in [-0.4, -0.2) is 49.3 Å². The van der Waals surface area contributed by atoms with E-state index in [9.17, 15) is 19.0 Å². The minimum atomic E-state index is -4.39. The van der Waals surface area contributed by atoms with Gasteiger partial charge in [0.1, 0.15) is 6.61 Å². The lowest BCUT2D eigenvalue weighted by Crippen LogP contribution is -2.29. The first kappa shape index (κ1) is 55.0. The molecule has 0 fully saturated rings. The van der Waals surface area contributed by atoms with Gasteiger partial charge in [0.2, 0.25) is 0 Å². The van der Waals surface area contributed by atoms with E-state index in [0.29, 0.717) is 6.42 Å². The highest BCUT2D eigenvalue weighted by atomic mass is 31.2. The molecule has 10 heteroatoms. The van der Waals surface area contributed by atoms with Crippen molar-refractivity contribution in [3.05, 3.63) is 48.6 Å². The van der Waals surface area contributed by atoms with Gasteiger partial charge >= 0.3 is 19.8 Å². The SMILES string of the molecule is CCCCC/C=C\C/C=C\C/C=C\C/C=C\CCCCCC(=O)O[C@H](COC(=O)CCCCCCCCCCCCCCCCCCC)COP(=O)(O)OCCN. The predicted octanol–water partition coefficient (Wildman–Crippen LogP) is 13.5. The van der Waals surface area contributed by atoms with E-state index in [2.05, 4.69) is 62.5 Å². The third-order valence-corrected chi connectivity index (χ3v) is 10.7. The van der Waals surface area contributed by atoms with Crippen LogP contribution in [0.4, 0.5) is 0 Å². The summed E-state index contributed by atoms with van der Waals surface area (Å²) in [6, 6.07) is 0. The summed E-state index contributed by atoms with van der Waals surface area (Å²) in [5.41, 5.74) is 5.35. The zero-order valence-corrected chi connectivity index (χ0v) is 37.5. The summed E-state index contributed by atoms with van der Waals surface area (Å²) in [4.78, 5) is 34.9. The molecule has 57 heavy (non-hydrogen) atoms. The van der Waals surface area contributed by atoms with Crippen LogP contribution in [0.2, 0.25) is 0 Å². The lowest BCUT2D eigenvalue weighted by Gasteiger charge is -2.19. The first-order chi connectivity index (χ1) is 27.8. The number of nitrogens with two attached hydrogens (primary N) is 1. The van der Waals surface area contributed by atoms with Gasteiger partial charge in [0.05, 0.1) is 13.2 Å². The van der Waals surface area contributed by atoms with E-state index in [4.69, 9.17) is 24.3 Å². The molecule has 0 aromatic rings. The minimum absolute atomic E-state index is 0.0474. The molecule has 9 nitrogen and oxygen atoms in total. The van der Waals surface area contributed by atoms with Gasteiger partial charge in [0.25, 0.3) is 0 Å². The third kappa shape index (κ3) is 43.4. The van der Waals surface area contributed by atoms with Gasteiger partial charge in [-0.15, -0.1) is 0 Å². The second-order valence-electron chi connectivity index (χ2n) is 15.3. The van der Waals surface area contributed by atoms with Crippen molar-refractivity contribution in [1.29, 1.82) is 0 Å². The molecule has 1 unspecified atom stereocenters. The fraction of sp³-hybridized carbons (Fsp3) is 0.787. The van der Waals surface area contributed by atoms with Gasteiger partial charge in [-0.3, -0.25) is 18.6 Å². The number of carbonyl (C=O) groups excluding carboxylic acids is 2. The van der Waals surface area contributed by atoms with Crippen LogP contribution in [0.1, 0.15) is 206 Å². The number of hydrogen-bond donors (Lipinski definition) is 2. The Morgan fingerprint density at radius 1 is 0.526 bits per heavy atom. The molecule has 0 saturated heterocycles. The van der Waals surface area contributed by atoms with Crippen LogP contribution in [0.25, 0.3) is 0 Å². The van der Waals surface area contributed by atoms with E-state index in [-0.39, 0.29) is 38.6 Å². The molecule has 0 bridgehead atoms.